The van der Waals surface area contributed by atoms with Gasteiger partial charge in [-0.05, 0) is 97.7 Å². The fraction of sp³-hybridized carbons (Fsp3) is 0. The van der Waals surface area contributed by atoms with Gasteiger partial charge in [0.25, 0.3) is 0 Å². The van der Waals surface area contributed by atoms with Crippen molar-refractivity contribution >= 4 is 27.8 Å². The van der Waals surface area contributed by atoms with Crippen LogP contribution in [0.5, 0.6) is 0 Å². The zero-order chi connectivity index (χ0) is 31.4. The number of hydrogen-bond donors (Lipinski definition) is 0. The molecule has 0 saturated carbocycles. The van der Waals surface area contributed by atoms with Crippen LogP contribution in [0.4, 0.5) is 17.1 Å². The van der Waals surface area contributed by atoms with E-state index in [1.165, 1.54) is 55.3 Å². The molecule has 1 nitrogen and oxygen atoms in total. The first-order valence-electron chi connectivity index (χ1n) is 16.1. The monoisotopic (exact) mass is 599 g/mol. The van der Waals surface area contributed by atoms with Crippen molar-refractivity contribution in [1.29, 1.82) is 0 Å². The molecule has 0 aliphatic carbocycles. The highest BCUT2D eigenvalue weighted by atomic mass is 15.1. The fourth-order valence-electron chi connectivity index (χ4n) is 6.45. The molecule has 8 aromatic carbocycles. The largest absolute Gasteiger partial charge is 0.311 e. The Labute approximate surface area is 276 Å². The molecule has 0 spiro atoms. The predicted octanol–water partition coefficient (Wildman–Crippen LogP) is 13.0. The average molecular weight is 600 g/mol. The van der Waals surface area contributed by atoms with Crippen molar-refractivity contribution in [3.63, 3.8) is 0 Å². The van der Waals surface area contributed by atoms with Crippen LogP contribution in [0.25, 0.3) is 55.3 Å². The van der Waals surface area contributed by atoms with Crippen LogP contribution in [-0.2, 0) is 0 Å². The summed E-state index contributed by atoms with van der Waals surface area (Å²) in [5.41, 5.74) is 13.1. The first-order valence-corrected chi connectivity index (χ1v) is 16.1. The van der Waals surface area contributed by atoms with Crippen LogP contribution in [0.3, 0.4) is 0 Å². The number of anilines is 3. The van der Waals surface area contributed by atoms with Gasteiger partial charge in [-0.25, -0.2) is 0 Å². The van der Waals surface area contributed by atoms with E-state index in [2.05, 4.69) is 205 Å². The molecule has 47 heavy (non-hydrogen) atoms. The lowest BCUT2D eigenvalue weighted by atomic mass is 9.95. The smallest absolute Gasteiger partial charge is 0.0462 e. The molecular formula is C46H33N. The molecule has 8 rings (SSSR count). The lowest BCUT2D eigenvalue weighted by Crippen LogP contribution is -2.09. The summed E-state index contributed by atoms with van der Waals surface area (Å²) in [5.74, 6) is 0. The van der Waals surface area contributed by atoms with E-state index >= 15 is 0 Å². The second-order valence-corrected chi connectivity index (χ2v) is 11.8. The van der Waals surface area contributed by atoms with Gasteiger partial charge >= 0.3 is 0 Å². The Hall–Kier alpha value is -6.18. The number of fused-ring (bicyclic) bond motifs is 1. The topological polar surface area (TPSA) is 3.24 Å². The number of rotatable bonds is 7. The molecule has 0 fully saturated rings. The summed E-state index contributed by atoms with van der Waals surface area (Å²) in [5, 5.41) is 2.51. The van der Waals surface area contributed by atoms with Crippen molar-refractivity contribution in [2.24, 2.45) is 0 Å². The van der Waals surface area contributed by atoms with Gasteiger partial charge in [0.1, 0.15) is 0 Å². The third-order valence-corrected chi connectivity index (χ3v) is 8.89. The van der Waals surface area contributed by atoms with Crippen LogP contribution >= 0.6 is 0 Å². The van der Waals surface area contributed by atoms with E-state index in [0.717, 1.165) is 17.1 Å². The van der Waals surface area contributed by atoms with E-state index in [0.29, 0.717) is 0 Å². The Morgan fingerprint density at radius 2 is 0.638 bits per heavy atom. The number of benzene rings is 8. The molecule has 222 valence electrons. The standard InChI is InChI=1S/C46H33N/c1-4-11-34(12-5-1)36-19-26-42(27-20-36)47(43-28-21-37(22-29-43)35-13-6-2-7-14-35)44-30-23-38(24-31-44)40-25-32-46-41(33-40)17-10-18-45(46)39-15-8-3-9-16-39/h1-33H. The maximum Gasteiger partial charge on any atom is 0.0462 e. The molecule has 1 heteroatoms. The maximum absolute atomic E-state index is 2.33. The normalized spacial score (nSPS) is 11.0. The summed E-state index contributed by atoms with van der Waals surface area (Å²) in [6.45, 7) is 0. The Morgan fingerprint density at radius 3 is 1.11 bits per heavy atom. The van der Waals surface area contributed by atoms with Crippen molar-refractivity contribution < 1.29 is 0 Å². The van der Waals surface area contributed by atoms with Gasteiger partial charge in [0.05, 0.1) is 0 Å². The molecule has 0 saturated heterocycles. The van der Waals surface area contributed by atoms with Gasteiger partial charge in [-0.1, -0.05) is 158 Å². The molecule has 0 aliphatic heterocycles. The number of nitrogens with zero attached hydrogens (tertiary/aromatic N) is 1. The molecule has 0 radical (unpaired) electrons. The van der Waals surface area contributed by atoms with Crippen molar-refractivity contribution in [3.05, 3.63) is 200 Å². The fourth-order valence-corrected chi connectivity index (χ4v) is 6.45. The number of hydrogen-bond acceptors (Lipinski definition) is 1. The molecule has 0 aromatic heterocycles. The van der Waals surface area contributed by atoms with Crippen LogP contribution in [0.2, 0.25) is 0 Å². The molecule has 0 unspecified atom stereocenters. The van der Waals surface area contributed by atoms with Crippen LogP contribution in [0, 0.1) is 0 Å². The highest BCUT2D eigenvalue weighted by molar-refractivity contribution is 5.98. The van der Waals surface area contributed by atoms with Crippen molar-refractivity contribution in [2.45, 2.75) is 0 Å². The molecule has 0 bridgehead atoms. The Bertz CT molecular complexity index is 2150. The Kier molecular flexibility index (Phi) is 7.63. The molecule has 0 aliphatic rings. The minimum absolute atomic E-state index is 1.11. The molecular weight excluding hydrogens is 567 g/mol. The Morgan fingerprint density at radius 1 is 0.255 bits per heavy atom. The second kappa shape index (κ2) is 12.7. The lowest BCUT2D eigenvalue weighted by molar-refractivity contribution is 1.28. The molecule has 8 aromatic rings. The van der Waals surface area contributed by atoms with Gasteiger partial charge in [-0.2, -0.15) is 0 Å². The van der Waals surface area contributed by atoms with Gasteiger partial charge in [0.15, 0.2) is 0 Å². The summed E-state index contributed by atoms with van der Waals surface area (Å²) < 4.78 is 0. The summed E-state index contributed by atoms with van der Waals surface area (Å²) in [6.07, 6.45) is 0. The summed E-state index contributed by atoms with van der Waals surface area (Å²) in [7, 11) is 0. The van der Waals surface area contributed by atoms with Crippen LogP contribution in [0.15, 0.2) is 200 Å². The van der Waals surface area contributed by atoms with E-state index in [1.807, 2.05) is 0 Å². The van der Waals surface area contributed by atoms with E-state index in [-0.39, 0.29) is 0 Å². The van der Waals surface area contributed by atoms with Crippen LogP contribution in [0.1, 0.15) is 0 Å². The molecule has 0 atom stereocenters. The second-order valence-electron chi connectivity index (χ2n) is 11.8. The minimum atomic E-state index is 1.11. The quantitative estimate of drug-likeness (QED) is 0.176. The van der Waals surface area contributed by atoms with Gasteiger partial charge in [-0.3, -0.25) is 0 Å². The van der Waals surface area contributed by atoms with Crippen molar-refractivity contribution in [1.82, 2.24) is 0 Å². The van der Waals surface area contributed by atoms with E-state index in [4.69, 9.17) is 0 Å². The Balaban J connectivity index is 1.15. The highest BCUT2D eigenvalue weighted by Crippen LogP contribution is 2.38. The van der Waals surface area contributed by atoms with Gasteiger partial charge in [0.2, 0.25) is 0 Å². The zero-order valence-corrected chi connectivity index (χ0v) is 26.0. The van der Waals surface area contributed by atoms with E-state index < -0.39 is 0 Å². The van der Waals surface area contributed by atoms with Gasteiger partial charge < -0.3 is 4.90 Å². The summed E-state index contributed by atoms with van der Waals surface area (Å²) in [4.78, 5) is 2.33. The van der Waals surface area contributed by atoms with Crippen molar-refractivity contribution in [3.8, 4) is 44.5 Å². The van der Waals surface area contributed by atoms with Gasteiger partial charge in [-0.15, -0.1) is 0 Å². The first kappa shape index (κ1) is 28.3. The summed E-state index contributed by atoms with van der Waals surface area (Å²) >= 11 is 0. The summed E-state index contributed by atoms with van der Waals surface area (Å²) in [6, 6.07) is 71.7. The van der Waals surface area contributed by atoms with Crippen molar-refractivity contribution in [2.75, 3.05) is 4.90 Å². The van der Waals surface area contributed by atoms with Crippen LogP contribution < -0.4 is 4.90 Å². The average Bonchev–Trinajstić information content (AvgIpc) is 3.16. The SMILES string of the molecule is c1ccc(-c2ccc(N(c3ccc(-c4ccccc4)cc3)c3ccc(-c4ccc5c(-c6ccccc6)cccc5c4)cc3)cc2)cc1. The lowest BCUT2D eigenvalue weighted by Gasteiger charge is -2.26. The van der Waals surface area contributed by atoms with Gasteiger partial charge in [0, 0.05) is 17.1 Å². The molecule has 0 amide bonds. The highest BCUT2D eigenvalue weighted by Gasteiger charge is 2.14. The van der Waals surface area contributed by atoms with E-state index in [1.54, 1.807) is 0 Å². The molecule has 0 heterocycles. The third-order valence-electron chi connectivity index (χ3n) is 8.89. The minimum Gasteiger partial charge on any atom is -0.311 e. The maximum atomic E-state index is 2.33. The molecule has 0 N–H and O–H groups in total. The van der Waals surface area contributed by atoms with E-state index in [9.17, 15) is 0 Å². The zero-order valence-electron chi connectivity index (χ0n) is 26.0. The predicted molar refractivity (Wildman–Crippen MR) is 200 cm³/mol. The third kappa shape index (κ3) is 5.83. The first-order chi connectivity index (χ1) is 23.3. The van der Waals surface area contributed by atoms with Crippen LogP contribution in [-0.4, -0.2) is 0 Å².